The summed E-state index contributed by atoms with van der Waals surface area (Å²) < 4.78 is 17.1. The quantitative estimate of drug-likeness (QED) is 0.245. The molecule has 0 saturated carbocycles. The molecule has 0 aliphatic carbocycles. The summed E-state index contributed by atoms with van der Waals surface area (Å²) in [6.45, 7) is 2.85. The van der Waals surface area contributed by atoms with Gasteiger partial charge in [-0.05, 0) is 54.5 Å². The van der Waals surface area contributed by atoms with Gasteiger partial charge in [-0.2, -0.15) is 0 Å². The first-order valence-corrected chi connectivity index (χ1v) is 11.5. The lowest BCUT2D eigenvalue weighted by molar-refractivity contribution is -0.113. The highest BCUT2D eigenvalue weighted by molar-refractivity contribution is 8.27. The Kier molecular flexibility index (Phi) is 8.37. The Morgan fingerprint density at radius 1 is 1.00 bits per heavy atom. The number of nitrogens with zero attached hydrogens (tertiary/aromatic N) is 1. The van der Waals surface area contributed by atoms with Crippen LogP contribution in [-0.2, 0) is 4.79 Å². The molecule has 7 heteroatoms. The van der Waals surface area contributed by atoms with Crippen LogP contribution in [0.3, 0.4) is 0 Å². The van der Waals surface area contributed by atoms with E-state index >= 15 is 0 Å². The molecule has 0 radical (unpaired) electrons. The van der Waals surface area contributed by atoms with Crippen LogP contribution in [0.4, 0.5) is 5.69 Å². The second kappa shape index (κ2) is 11.2. The van der Waals surface area contributed by atoms with Gasteiger partial charge in [-0.25, -0.2) is 0 Å². The minimum atomic E-state index is -0.143. The number of thiocarbonyl (C=S) groups is 1. The van der Waals surface area contributed by atoms with Gasteiger partial charge >= 0.3 is 0 Å². The normalized spacial score (nSPS) is 14.9. The second-order valence-electron chi connectivity index (χ2n) is 7.03. The Labute approximate surface area is 193 Å². The Balaban J connectivity index is 1.73. The number of anilines is 1. The lowest BCUT2D eigenvalue weighted by Gasteiger charge is -2.14. The molecule has 0 bridgehead atoms. The van der Waals surface area contributed by atoms with E-state index in [-0.39, 0.29) is 5.91 Å². The van der Waals surface area contributed by atoms with Crippen molar-refractivity contribution in [3.05, 3.63) is 52.9 Å². The molecule has 5 nitrogen and oxygen atoms in total. The first-order chi connectivity index (χ1) is 15.1. The molecule has 0 atom stereocenters. The maximum absolute atomic E-state index is 13.0. The molecule has 164 valence electrons. The monoisotopic (exact) mass is 457 g/mol. The first-order valence-electron chi connectivity index (χ1n) is 10.3. The van der Waals surface area contributed by atoms with Crippen molar-refractivity contribution in [1.82, 2.24) is 0 Å². The lowest BCUT2D eigenvalue weighted by atomic mass is 10.1. The van der Waals surface area contributed by atoms with Crippen molar-refractivity contribution in [2.45, 2.75) is 32.6 Å². The Morgan fingerprint density at radius 3 is 2.45 bits per heavy atom. The Hall–Kier alpha value is -2.51. The molecule has 0 spiro atoms. The van der Waals surface area contributed by atoms with Gasteiger partial charge in [0.25, 0.3) is 5.91 Å². The maximum Gasteiger partial charge on any atom is 0.270 e. The van der Waals surface area contributed by atoms with Crippen molar-refractivity contribution in [1.29, 1.82) is 0 Å². The third kappa shape index (κ3) is 5.80. The van der Waals surface area contributed by atoms with E-state index in [4.69, 9.17) is 26.4 Å². The summed E-state index contributed by atoms with van der Waals surface area (Å²) in [6, 6.07) is 12.9. The SMILES string of the molecule is CCCCCCOc1ccc(/C=C2\SC(=S)N(c3ccc(OC)cc3)C2=O)cc1OC. The second-order valence-corrected chi connectivity index (χ2v) is 8.71. The average Bonchev–Trinajstić information content (AvgIpc) is 3.07. The fourth-order valence-electron chi connectivity index (χ4n) is 3.18. The largest absolute Gasteiger partial charge is 0.497 e. The third-order valence-corrected chi connectivity index (χ3v) is 6.17. The van der Waals surface area contributed by atoms with Crippen molar-refractivity contribution < 1.29 is 19.0 Å². The van der Waals surface area contributed by atoms with Crippen LogP contribution in [0.2, 0.25) is 0 Å². The van der Waals surface area contributed by atoms with Crippen LogP contribution in [0.1, 0.15) is 38.2 Å². The van der Waals surface area contributed by atoms with Gasteiger partial charge in [0.1, 0.15) is 5.75 Å². The van der Waals surface area contributed by atoms with Crippen molar-refractivity contribution in [2.24, 2.45) is 0 Å². The summed E-state index contributed by atoms with van der Waals surface area (Å²) >= 11 is 6.74. The highest BCUT2D eigenvalue weighted by atomic mass is 32.2. The van der Waals surface area contributed by atoms with E-state index in [1.165, 1.54) is 29.5 Å². The van der Waals surface area contributed by atoms with E-state index < -0.39 is 0 Å². The lowest BCUT2D eigenvalue weighted by Crippen LogP contribution is -2.27. The molecular formula is C24H27NO4S2. The van der Waals surface area contributed by atoms with Crippen molar-refractivity contribution in [3.8, 4) is 17.2 Å². The fourth-order valence-corrected chi connectivity index (χ4v) is 4.48. The molecule has 1 fully saturated rings. The number of ether oxygens (including phenoxy) is 3. The molecule has 1 aliphatic heterocycles. The molecule has 0 N–H and O–H groups in total. The number of benzene rings is 2. The summed E-state index contributed by atoms with van der Waals surface area (Å²) in [5.74, 6) is 1.94. The number of unbranched alkanes of at least 4 members (excludes halogenated alkanes) is 3. The number of hydrogen-bond donors (Lipinski definition) is 0. The number of carbonyl (C=O) groups excluding carboxylic acids is 1. The number of amides is 1. The Morgan fingerprint density at radius 2 is 1.77 bits per heavy atom. The van der Waals surface area contributed by atoms with Gasteiger partial charge in [0, 0.05) is 0 Å². The Bertz CT molecular complexity index is 957. The highest BCUT2D eigenvalue weighted by Gasteiger charge is 2.33. The van der Waals surface area contributed by atoms with Crippen LogP contribution in [0.25, 0.3) is 6.08 Å². The van der Waals surface area contributed by atoms with Crippen LogP contribution in [0.15, 0.2) is 47.4 Å². The van der Waals surface area contributed by atoms with E-state index in [2.05, 4.69) is 6.92 Å². The van der Waals surface area contributed by atoms with E-state index in [0.29, 0.717) is 27.3 Å². The van der Waals surface area contributed by atoms with Crippen LogP contribution in [0.5, 0.6) is 17.2 Å². The van der Waals surface area contributed by atoms with E-state index in [0.717, 1.165) is 29.8 Å². The van der Waals surface area contributed by atoms with E-state index in [1.807, 2.05) is 48.5 Å². The number of rotatable bonds is 10. The van der Waals surface area contributed by atoms with Crippen molar-refractivity contribution in [2.75, 3.05) is 25.7 Å². The zero-order valence-corrected chi connectivity index (χ0v) is 19.7. The zero-order chi connectivity index (χ0) is 22.2. The molecule has 2 aromatic carbocycles. The topological polar surface area (TPSA) is 48.0 Å². The number of thioether (sulfide) groups is 1. The minimum absolute atomic E-state index is 0.143. The van der Waals surface area contributed by atoms with Gasteiger partial charge in [0.2, 0.25) is 0 Å². The van der Waals surface area contributed by atoms with Gasteiger partial charge < -0.3 is 14.2 Å². The number of carbonyl (C=O) groups is 1. The van der Waals surface area contributed by atoms with E-state index in [1.54, 1.807) is 14.2 Å². The van der Waals surface area contributed by atoms with Gasteiger partial charge in [-0.3, -0.25) is 9.69 Å². The summed E-state index contributed by atoms with van der Waals surface area (Å²) in [6.07, 6.45) is 6.42. The first kappa shape index (κ1) is 23.2. The minimum Gasteiger partial charge on any atom is -0.497 e. The number of methoxy groups -OCH3 is 2. The highest BCUT2D eigenvalue weighted by Crippen LogP contribution is 2.37. The molecule has 0 unspecified atom stereocenters. The summed E-state index contributed by atoms with van der Waals surface area (Å²) in [7, 11) is 3.22. The van der Waals surface area contributed by atoms with Crippen LogP contribution in [0, 0.1) is 0 Å². The third-order valence-electron chi connectivity index (χ3n) is 4.87. The maximum atomic E-state index is 13.0. The van der Waals surface area contributed by atoms with Crippen LogP contribution < -0.4 is 19.1 Å². The zero-order valence-electron chi connectivity index (χ0n) is 18.1. The molecule has 1 amide bonds. The summed E-state index contributed by atoms with van der Waals surface area (Å²) in [4.78, 5) is 15.1. The van der Waals surface area contributed by atoms with Gasteiger partial charge in [-0.1, -0.05) is 56.2 Å². The summed E-state index contributed by atoms with van der Waals surface area (Å²) in [5, 5.41) is 0. The molecule has 1 saturated heterocycles. The van der Waals surface area contributed by atoms with Gasteiger partial charge in [-0.15, -0.1) is 0 Å². The predicted molar refractivity (Wildman–Crippen MR) is 131 cm³/mol. The molecule has 1 aliphatic rings. The molecule has 3 rings (SSSR count). The standard InChI is InChI=1S/C24H27NO4S2/c1-4-5-6-7-14-29-20-13-8-17(15-21(20)28-3)16-22-23(26)25(24(30)31-22)18-9-11-19(27-2)12-10-18/h8-13,15-16H,4-7,14H2,1-3H3/b22-16-. The molecule has 1 heterocycles. The fraction of sp³-hybridized carbons (Fsp3) is 0.333. The van der Waals surface area contributed by atoms with Crippen LogP contribution in [-0.4, -0.2) is 31.1 Å². The molecule has 31 heavy (non-hydrogen) atoms. The van der Waals surface area contributed by atoms with Crippen molar-refractivity contribution in [3.63, 3.8) is 0 Å². The average molecular weight is 458 g/mol. The van der Waals surface area contributed by atoms with Crippen LogP contribution >= 0.6 is 24.0 Å². The van der Waals surface area contributed by atoms with E-state index in [9.17, 15) is 4.79 Å². The molecule has 0 aromatic heterocycles. The summed E-state index contributed by atoms with van der Waals surface area (Å²) in [5.41, 5.74) is 1.57. The van der Waals surface area contributed by atoms with Gasteiger partial charge in [0.15, 0.2) is 15.8 Å². The predicted octanol–water partition coefficient (Wildman–Crippen LogP) is 6.07. The number of hydrogen-bond acceptors (Lipinski definition) is 6. The van der Waals surface area contributed by atoms with Gasteiger partial charge in [0.05, 0.1) is 31.4 Å². The molecule has 2 aromatic rings. The van der Waals surface area contributed by atoms with Crippen molar-refractivity contribution >= 4 is 46.0 Å². The molecular weight excluding hydrogens is 430 g/mol. The smallest absolute Gasteiger partial charge is 0.270 e.